The normalized spacial score (nSPS) is 13.8. The standard InChI is InChI=1S/C16H15ClN2O4/c1-23-16(22)12-9-18-5-6-19(15(21)13(18)14(12)20)8-10-3-2-4-11(17)7-10/h2-4,7,9,20H,5-6,8H2,1H3. The van der Waals surface area contributed by atoms with E-state index in [4.69, 9.17) is 11.6 Å². The summed E-state index contributed by atoms with van der Waals surface area (Å²) in [5.41, 5.74) is 1.01. The van der Waals surface area contributed by atoms with E-state index in [2.05, 4.69) is 4.74 Å². The summed E-state index contributed by atoms with van der Waals surface area (Å²) in [5.74, 6) is -1.33. The van der Waals surface area contributed by atoms with E-state index in [1.807, 2.05) is 12.1 Å². The monoisotopic (exact) mass is 334 g/mol. The average Bonchev–Trinajstić information content (AvgIpc) is 2.87. The lowest BCUT2D eigenvalue weighted by Gasteiger charge is -2.28. The Morgan fingerprint density at radius 1 is 1.39 bits per heavy atom. The van der Waals surface area contributed by atoms with Crippen LogP contribution in [0.4, 0.5) is 0 Å². The number of ether oxygens (including phenoxy) is 1. The largest absolute Gasteiger partial charge is 0.505 e. The molecule has 120 valence electrons. The second-order valence-corrected chi connectivity index (χ2v) is 5.72. The molecule has 7 heteroatoms. The maximum absolute atomic E-state index is 12.6. The van der Waals surface area contributed by atoms with E-state index in [1.54, 1.807) is 21.6 Å². The molecular formula is C16H15ClN2O4. The molecular weight excluding hydrogens is 320 g/mol. The zero-order chi connectivity index (χ0) is 16.6. The van der Waals surface area contributed by atoms with Crippen molar-refractivity contribution in [1.82, 2.24) is 9.47 Å². The van der Waals surface area contributed by atoms with E-state index < -0.39 is 5.97 Å². The summed E-state index contributed by atoms with van der Waals surface area (Å²) in [4.78, 5) is 25.9. The lowest BCUT2D eigenvalue weighted by molar-refractivity contribution is 0.0597. The quantitative estimate of drug-likeness (QED) is 0.874. The highest BCUT2D eigenvalue weighted by Crippen LogP contribution is 2.30. The lowest BCUT2D eigenvalue weighted by atomic mass is 10.2. The number of nitrogens with zero attached hydrogens (tertiary/aromatic N) is 2. The number of aromatic hydroxyl groups is 1. The van der Waals surface area contributed by atoms with Gasteiger partial charge in [0, 0.05) is 30.9 Å². The molecule has 1 aromatic heterocycles. The number of amides is 1. The van der Waals surface area contributed by atoms with Gasteiger partial charge in [-0.1, -0.05) is 23.7 Å². The van der Waals surface area contributed by atoms with Crippen LogP contribution in [-0.4, -0.2) is 40.1 Å². The highest BCUT2D eigenvalue weighted by molar-refractivity contribution is 6.30. The zero-order valence-corrected chi connectivity index (χ0v) is 13.2. The molecule has 1 aliphatic rings. The second-order valence-electron chi connectivity index (χ2n) is 5.28. The summed E-state index contributed by atoms with van der Waals surface area (Å²) in [6.45, 7) is 1.36. The van der Waals surface area contributed by atoms with Crippen LogP contribution in [0.25, 0.3) is 0 Å². The predicted molar refractivity (Wildman–Crippen MR) is 83.6 cm³/mol. The molecule has 3 rings (SSSR count). The van der Waals surface area contributed by atoms with Gasteiger partial charge in [-0.2, -0.15) is 0 Å². The SMILES string of the molecule is COC(=O)c1cn2c(c1O)C(=O)N(Cc1cccc(Cl)c1)CC2. The van der Waals surface area contributed by atoms with Crippen LogP contribution in [0.1, 0.15) is 26.4 Å². The Kier molecular flexibility index (Phi) is 4.00. The van der Waals surface area contributed by atoms with E-state index in [-0.39, 0.29) is 22.9 Å². The maximum atomic E-state index is 12.6. The van der Waals surface area contributed by atoms with Crippen molar-refractivity contribution < 1.29 is 19.4 Å². The molecule has 0 saturated heterocycles. The summed E-state index contributed by atoms with van der Waals surface area (Å²) in [5, 5.41) is 10.8. The number of carbonyl (C=O) groups is 2. The van der Waals surface area contributed by atoms with Gasteiger partial charge < -0.3 is 19.3 Å². The second kappa shape index (κ2) is 5.96. The van der Waals surface area contributed by atoms with Crippen molar-refractivity contribution in [3.05, 3.63) is 52.3 Å². The summed E-state index contributed by atoms with van der Waals surface area (Å²) in [6, 6.07) is 7.26. The van der Waals surface area contributed by atoms with Gasteiger partial charge in [-0.05, 0) is 17.7 Å². The third-order valence-corrected chi connectivity index (χ3v) is 4.06. The first kappa shape index (κ1) is 15.4. The Hall–Kier alpha value is -2.47. The van der Waals surface area contributed by atoms with E-state index in [9.17, 15) is 14.7 Å². The number of halogens is 1. The van der Waals surface area contributed by atoms with Crippen molar-refractivity contribution in [3.63, 3.8) is 0 Å². The Balaban J connectivity index is 1.88. The third-order valence-electron chi connectivity index (χ3n) is 3.82. The highest BCUT2D eigenvalue weighted by Gasteiger charge is 2.32. The predicted octanol–water partition coefficient (Wildman–Crippen LogP) is 2.29. The van der Waals surface area contributed by atoms with Crippen molar-refractivity contribution in [1.29, 1.82) is 0 Å². The molecule has 2 aromatic rings. The number of fused-ring (bicyclic) bond motifs is 1. The first-order valence-corrected chi connectivity index (χ1v) is 7.43. The molecule has 1 aliphatic heterocycles. The van der Waals surface area contributed by atoms with E-state index in [0.717, 1.165) is 5.56 Å². The number of aromatic nitrogens is 1. The van der Waals surface area contributed by atoms with E-state index >= 15 is 0 Å². The fourth-order valence-corrected chi connectivity index (χ4v) is 2.90. The number of hydrogen-bond acceptors (Lipinski definition) is 4. The first-order valence-electron chi connectivity index (χ1n) is 7.05. The van der Waals surface area contributed by atoms with Crippen LogP contribution in [0.5, 0.6) is 5.75 Å². The van der Waals surface area contributed by atoms with Crippen LogP contribution in [0.2, 0.25) is 5.02 Å². The molecule has 0 atom stereocenters. The van der Waals surface area contributed by atoms with Crippen LogP contribution in [0, 0.1) is 0 Å². The molecule has 2 heterocycles. The van der Waals surface area contributed by atoms with Gasteiger partial charge in [0.2, 0.25) is 0 Å². The van der Waals surface area contributed by atoms with Gasteiger partial charge in [0.05, 0.1) is 7.11 Å². The Morgan fingerprint density at radius 2 is 2.17 bits per heavy atom. The molecule has 23 heavy (non-hydrogen) atoms. The van der Waals surface area contributed by atoms with Crippen LogP contribution < -0.4 is 0 Å². The molecule has 1 aromatic carbocycles. The molecule has 0 saturated carbocycles. The molecule has 0 radical (unpaired) electrons. The van der Waals surface area contributed by atoms with Gasteiger partial charge in [-0.15, -0.1) is 0 Å². The molecule has 0 bridgehead atoms. The summed E-state index contributed by atoms with van der Waals surface area (Å²) in [6.07, 6.45) is 1.45. The van der Waals surface area contributed by atoms with Crippen molar-refractivity contribution in [2.24, 2.45) is 0 Å². The molecule has 0 fully saturated rings. The fraction of sp³-hybridized carbons (Fsp3) is 0.250. The minimum Gasteiger partial charge on any atom is -0.505 e. The molecule has 1 amide bonds. The van der Waals surface area contributed by atoms with Crippen molar-refractivity contribution >= 4 is 23.5 Å². The zero-order valence-electron chi connectivity index (χ0n) is 12.5. The van der Waals surface area contributed by atoms with Crippen molar-refractivity contribution in [2.75, 3.05) is 13.7 Å². The van der Waals surface area contributed by atoms with Gasteiger partial charge >= 0.3 is 5.97 Å². The third kappa shape index (κ3) is 2.77. The highest BCUT2D eigenvalue weighted by atomic mass is 35.5. The van der Waals surface area contributed by atoms with Crippen LogP contribution in [0.15, 0.2) is 30.5 Å². The first-order chi connectivity index (χ1) is 11.0. The maximum Gasteiger partial charge on any atom is 0.343 e. The Bertz CT molecular complexity index is 784. The van der Waals surface area contributed by atoms with Gasteiger partial charge in [0.25, 0.3) is 5.91 Å². The molecule has 0 spiro atoms. The van der Waals surface area contributed by atoms with Gasteiger partial charge in [-0.3, -0.25) is 4.79 Å². The number of esters is 1. The minimum atomic E-state index is -0.668. The molecule has 1 N–H and O–H groups in total. The molecule has 6 nitrogen and oxygen atoms in total. The van der Waals surface area contributed by atoms with Crippen LogP contribution >= 0.6 is 11.6 Å². The molecule has 0 unspecified atom stereocenters. The van der Waals surface area contributed by atoms with Gasteiger partial charge in [-0.25, -0.2) is 4.79 Å². The lowest BCUT2D eigenvalue weighted by Crippen LogP contribution is -2.39. The Labute approximate surface area is 137 Å². The number of carbonyl (C=O) groups excluding carboxylic acids is 2. The minimum absolute atomic E-state index is 0.000422. The van der Waals surface area contributed by atoms with Crippen LogP contribution in [-0.2, 0) is 17.8 Å². The van der Waals surface area contributed by atoms with E-state index in [0.29, 0.717) is 24.7 Å². The van der Waals surface area contributed by atoms with Gasteiger partial charge in [0.1, 0.15) is 5.56 Å². The summed E-state index contributed by atoms with van der Waals surface area (Å²) < 4.78 is 6.20. The molecule has 0 aliphatic carbocycles. The number of rotatable bonds is 3. The number of benzene rings is 1. The van der Waals surface area contributed by atoms with E-state index in [1.165, 1.54) is 13.3 Å². The Morgan fingerprint density at radius 3 is 2.87 bits per heavy atom. The average molecular weight is 335 g/mol. The van der Waals surface area contributed by atoms with Gasteiger partial charge in [0.15, 0.2) is 11.4 Å². The summed E-state index contributed by atoms with van der Waals surface area (Å²) >= 11 is 5.96. The van der Waals surface area contributed by atoms with Crippen molar-refractivity contribution in [3.8, 4) is 5.75 Å². The number of hydrogen-bond donors (Lipinski definition) is 1. The van der Waals surface area contributed by atoms with Crippen molar-refractivity contribution in [2.45, 2.75) is 13.1 Å². The van der Waals surface area contributed by atoms with Crippen LogP contribution in [0.3, 0.4) is 0 Å². The number of methoxy groups -OCH3 is 1. The smallest absolute Gasteiger partial charge is 0.343 e. The fourth-order valence-electron chi connectivity index (χ4n) is 2.69. The topological polar surface area (TPSA) is 71.8 Å². The summed E-state index contributed by atoms with van der Waals surface area (Å²) in [7, 11) is 1.23.